The smallest absolute Gasteiger partial charge is 0.271 e. The van der Waals surface area contributed by atoms with Gasteiger partial charge < -0.3 is 11.1 Å². The molecule has 2 aromatic rings. The predicted molar refractivity (Wildman–Crippen MR) is 118 cm³/mol. The number of rotatable bonds is 8. The third kappa shape index (κ3) is 5.92. The van der Waals surface area contributed by atoms with E-state index in [-0.39, 0.29) is 39.1 Å². The monoisotopic (exact) mass is 468 g/mol. The number of anilines is 2. The van der Waals surface area contributed by atoms with Gasteiger partial charge in [0.15, 0.2) is 0 Å². The lowest BCUT2D eigenvalue weighted by molar-refractivity contribution is -0.384. The van der Waals surface area contributed by atoms with Crippen molar-refractivity contribution in [2.75, 3.05) is 16.3 Å². The first-order valence-electron chi connectivity index (χ1n) is 8.97. The molecule has 0 fully saturated rings. The second kappa shape index (κ2) is 9.31. The van der Waals surface area contributed by atoms with Crippen LogP contribution in [0.1, 0.15) is 35.7 Å². The molecular weight excluding hydrogens is 448 g/mol. The second-order valence-electron chi connectivity index (χ2n) is 7.14. The largest absolute Gasteiger partial charge is 0.366 e. The molecule has 0 aliphatic carbocycles. The van der Waals surface area contributed by atoms with Crippen molar-refractivity contribution in [3.8, 4) is 0 Å². The van der Waals surface area contributed by atoms with Crippen LogP contribution >= 0.6 is 11.6 Å². The van der Waals surface area contributed by atoms with Crippen LogP contribution < -0.4 is 15.8 Å². The van der Waals surface area contributed by atoms with Gasteiger partial charge in [-0.3, -0.25) is 24.4 Å². The summed E-state index contributed by atoms with van der Waals surface area (Å²) in [6.45, 7) is 3.48. The first kappa shape index (κ1) is 24.1. The molecular formula is C19H21ClN4O6S. The van der Waals surface area contributed by atoms with Crippen LogP contribution in [0, 0.1) is 16.0 Å². The Bertz CT molecular complexity index is 1150. The molecule has 10 nitrogen and oxygen atoms in total. The number of non-ortho nitro benzene ring substituents is 1. The van der Waals surface area contributed by atoms with Gasteiger partial charge in [0.25, 0.3) is 11.6 Å². The van der Waals surface area contributed by atoms with Crippen molar-refractivity contribution in [3.63, 3.8) is 0 Å². The van der Waals surface area contributed by atoms with Crippen molar-refractivity contribution >= 4 is 50.5 Å². The number of nitro benzene ring substituents is 1. The fourth-order valence-corrected chi connectivity index (χ4v) is 3.89. The van der Waals surface area contributed by atoms with E-state index in [1.54, 1.807) is 13.8 Å². The van der Waals surface area contributed by atoms with E-state index in [1.807, 2.05) is 0 Å². The molecule has 0 aliphatic heterocycles. The second-order valence-corrected chi connectivity index (χ2v) is 9.30. The van der Waals surface area contributed by atoms with Crippen molar-refractivity contribution < 1.29 is 22.9 Å². The van der Waals surface area contributed by atoms with Crippen LogP contribution in [0.4, 0.5) is 17.1 Å². The molecule has 4 N–H and O–H groups in total. The Morgan fingerprint density at radius 2 is 1.84 bits per heavy atom. The van der Waals surface area contributed by atoms with Crippen molar-refractivity contribution in [2.45, 2.75) is 19.8 Å². The first-order valence-corrected chi connectivity index (χ1v) is 11.2. The van der Waals surface area contributed by atoms with Gasteiger partial charge in [0.1, 0.15) is 0 Å². The number of nitrogens with one attached hydrogen (secondary N) is 2. The average molecular weight is 469 g/mol. The lowest BCUT2D eigenvalue weighted by Gasteiger charge is -2.25. The van der Waals surface area contributed by atoms with Crippen molar-refractivity contribution in [3.05, 3.63) is 62.7 Å². The van der Waals surface area contributed by atoms with E-state index in [2.05, 4.69) is 10.0 Å². The minimum absolute atomic E-state index is 0.0366. The van der Waals surface area contributed by atoms with Crippen LogP contribution in [0.25, 0.3) is 0 Å². The quantitative estimate of drug-likeness (QED) is 0.398. The molecule has 2 aromatic carbocycles. The van der Waals surface area contributed by atoms with Gasteiger partial charge in [0, 0.05) is 12.1 Å². The Hall–Kier alpha value is -3.18. The summed E-state index contributed by atoms with van der Waals surface area (Å²) < 4.78 is 26.0. The van der Waals surface area contributed by atoms with E-state index >= 15 is 0 Å². The number of nitrogens with zero attached hydrogens (tertiary/aromatic N) is 1. The van der Waals surface area contributed by atoms with Crippen molar-refractivity contribution in [2.24, 2.45) is 11.7 Å². The summed E-state index contributed by atoms with van der Waals surface area (Å²) in [4.78, 5) is 35.2. The minimum atomic E-state index is -3.79. The number of para-hydroxylation sites is 1. The van der Waals surface area contributed by atoms with Crippen LogP contribution in [0.5, 0.6) is 0 Å². The molecule has 0 saturated carbocycles. The summed E-state index contributed by atoms with van der Waals surface area (Å²) in [6.07, 6.45) is 0.912. The Morgan fingerprint density at radius 3 is 2.32 bits per heavy atom. The lowest BCUT2D eigenvalue weighted by Crippen LogP contribution is -2.28. The molecule has 0 heterocycles. The van der Waals surface area contributed by atoms with Crippen LogP contribution in [-0.4, -0.2) is 31.4 Å². The number of hydrogen-bond donors (Lipinski definition) is 3. The van der Waals surface area contributed by atoms with Crippen molar-refractivity contribution in [1.29, 1.82) is 0 Å². The third-order valence-electron chi connectivity index (χ3n) is 4.36. The normalized spacial score (nSPS) is 12.3. The van der Waals surface area contributed by atoms with E-state index in [4.69, 9.17) is 17.3 Å². The number of primary amides is 1. The molecule has 1 atom stereocenters. The molecule has 0 aromatic heterocycles. The van der Waals surface area contributed by atoms with E-state index in [1.165, 1.54) is 30.3 Å². The number of carbonyl (C=O) groups is 2. The zero-order valence-corrected chi connectivity index (χ0v) is 18.5. The molecule has 0 aliphatic rings. The molecule has 0 bridgehead atoms. The Morgan fingerprint density at radius 1 is 1.19 bits per heavy atom. The number of nitrogens with two attached hydrogens (primary N) is 1. The average Bonchev–Trinajstić information content (AvgIpc) is 2.62. The molecule has 2 amide bonds. The van der Waals surface area contributed by atoms with E-state index in [0.717, 1.165) is 12.3 Å². The van der Waals surface area contributed by atoms with Gasteiger partial charge in [-0.1, -0.05) is 37.6 Å². The molecule has 0 radical (unpaired) electrons. The summed E-state index contributed by atoms with van der Waals surface area (Å²) in [6, 6.07) is 7.95. The number of halogens is 1. The highest BCUT2D eigenvalue weighted by molar-refractivity contribution is 7.92. The first-order chi connectivity index (χ1) is 14.3. The van der Waals surface area contributed by atoms with Crippen LogP contribution in [0.2, 0.25) is 5.02 Å². The number of hydrogen-bond acceptors (Lipinski definition) is 6. The highest BCUT2D eigenvalue weighted by Gasteiger charge is 2.30. The van der Waals surface area contributed by atoms with E-state index in [0.29, 0.717) is 0 Å². The van der Waals surface area contributed by atoms with Gasteiger partial charge in [-0.25, -0.2) is 8.42 Å². The zero-order chi connectivity index (χ0) is 23.5. The van der Waals surface area contributed by atoms with Gasteiger partial charge in [-0.05, 0) is 23.6 Å². The number of nitro groups is 1. The van der Waals surface area contributed by atoms with E-state index < -0.39 is 32.7 Å². The molecule has 0 spiro atoms. The zero-order valence-electron chi connectivity index (χ0n) is 16.9. The number of sulfonamides is 1. The molecule has 31 heavy (non-hydrogen) atoms. The van der Waals surface area contributed by atoms with E-state index in [9.17, 15) is 28.1 Å². The highest BCUT2D eigenvalue weighted by Crippen LogP contribution is 2.35. The van der Waals surface area contributed by atoms with Gasteiger partial charge in [-0.2, -0.15) is 0 Å². The fourth-order valence-electron chi connectivity index (χ4n) is 3.07. The van der Waals surface area contributed by atoms with Gasteiger partial charge in [-0.15, -0.1) is 0 Å². The summed E-state index contributed by atoms with van der Waals surface area (Å²) in [5.41, 5.74) is 5.37. The summed E-state index contributed by atoms with van der Waals surface area (Å²) in [5.74, 6) is -2.66. The summed E-state index contributed by atoms with van der Waals surface area (Å²) in [5, 5.41) is 13.4. The minimum Gasteiger partial charge on any atom is -0.366 e. The fraction of sp³-hybridized carbons (Fsp3) is 0.263. The molecule has 166 valence electrons. The Kier molecular flexibility index (Phi) is 7.24. The number of carbonyl (C=O) groups excluding carboxylic acids is 2. The molecule has 12 heteroatoms. The van der Waals surface area contributed by atoms with Gasteiger partial charge in [0.05, 0.1) is 39.1 Å². The SMILES string of the molecule is CC(C)C(C(=O)Nc1ccc([N+](=O)[O-])cc1Cl)c1cccc(C(N)=O)c1NS(C)(=O)=O. The Balaban J connectivity index is 2.53. The summed E-state index contributed by atoms with van der Waals surface area (Å²) in [7, 11) is -3.79. The van der Waals surface area contributed by atoms with Crippen LogP contribution in [0.3, 0.4) is 0 Å². The molecule has 2 rings (SSSR count). The highest BCUT2D eigenvalue weighted by atomic mass is 35.5. The maximum Gasteiger partial charge on any atom is 0.271 e. The number of benzene rings is 2. The van der Waals surface area contributed by atoms with Crippen LogP contribution in [0.15, 0.2) is 36.4 Å². The standard InChI is InChI=1S/C19H21ClN4O6S/c1-10(2)16(19(26)22-15-8-7-11(24(27)28)9-14(15)20)12-5-4-6-13(18(21)25)17(12)23-31(3,29)30/h4-10,16,23H,1-3H3,(H2,21,25)(H,22,26). The summed E-state index contributed by atoms with van der Waals surface area (Å²) >= 11 is 6.06. The molecule has 0 saturated heterocycles. The lowest BCUT2D eigenvalue weighted by atomic mass is 9.85. The van der Waals surface area contributed by atoms with Crippen molar-refractivity contribution in [1.82, 2.24) is 0 Å². The predicted octanol–water partition coefficient (Wildman–Crippen LogP) is 3.10. The van der Waals surface area contributed by atoms with Gasteiger partial charge >= 0.3 is 0 Å². The number of amides is 2. The Labute approximate surface area is 184 Å². The molecule has 1 unspecified atom stereocenters. The topological polar surface area (TPSA) is 161 Å². The third-order valence-corrected chi connectivity index (χ3v) is 5.24. The maximum atomic E-state index is 13.1. The maximum absolute atomic E-state index is 13.1. The van der Waals surface area contributed by atoms with Gasteiger partial charge in [0.2, 0.25) is 15.9 Å². The van der Waals surface area contributed by atoms with Crippen LogP contribution in [-0.2, 0) is 14.8 Å².